The van der Waals surface area contributed by atoms with E-state index in [0.29, 0.717) is 0 Å². The molecule has 2 aliphatic rings. The number of aromatic nitrogens is 1. The molecule has 11 aromatic carbocycles. The minimum absolute atomic E-state index is 0.00304. The van der Waals surface area contributed by atoms with Gasteiger partial charge >= 0.3 is 0 Å². The monoisotopic (exact) mass is 966 g/mol. The highest BCUT2D eigenvalue weighted by Crippen LogP contribution is 2.48. The fraction of sp³-hybridized carbons (Fsp3) is 0. The molecule has 0 amide bonds. The molecular formula is C66H39BN2S3. The highest BCUT2D eigenvalue weighted by Gasteiger charge is 2.42. The van der Waals surface area contributed by atoms with Crippen molar-refractivity contribution in [3.8, 4) is 39.1 Å². The third-order valence-corrected chi connectivity index (χ3v) is 18.7. The van der Waals surface area contributed by atoms with Crippen LogP contribution in [0.2, 0.25) is 0 Å². The van der Waals surface area contributed by atoms with Gasteiger partial charge in [-0.3, -0.25) is 0 Å². The minimum atomic E-state index is 0.00304. The van der Waals surface area contributed by atoms with E-state index in [-0.39, 0.29) is 6.71 Å². The van der Waals surface area contributed by atoms with E-state index in [4.69, 9.17) is 0 Å². The van der Waals surface area contributed by atoms with Crippen LogP contribution >= 0.6 is 34.4 Å². The molecule has 2 aliphatic heterocycles. The summed E-state index contributed by atoms with van der Waals surface area (Å²) in [5.41, 5.74) is 18.4. The molecule has 14 aromatic rings. The molecular weight excluding hydrogens is 928 g/mol. The Morgan fingerprint density at radius 3 is 1.53 bits per heavy atom. The van der Waals surface area contributed by atoms with E-state index < -0.39 is 0 Å². The lowest BCUT2D eigenvalue weighted by Gasteiger charge is -2.41. The highest BCUT2D eigenvalue weighted by molar-refractivity contribution is 8.00. The quantitative estimate of drug-likeness (QED) is 0.159. The molecule has 0 saturated carbocycles. The maximum absolute atomic E-state index is 2.60. The Labute approximate surface area is 428 Å². The average Bonchev–Trinajstić information content (AvgIpc) is 4.12. The van der Waals surface area contributed by atoms with Gasteiger partial charge in [0.15, 0.2) is 0 Å². The van der Waals surface area contributed by atoms with Gasteiger partial charge in [-0.2, -0.15) is 0 Å². The zero-order valence-electron chi connectivity index (χ0n) is 38.7. The number of rotatable bonds is 5. The Bertz CT molecular complexity index is 4530. The molecule has 0 radical (unpaired) electrons. The van der Waals surface area contributed by atoms with Crippen LogP contribution in [0.25, 0.3) is 101 Å². The lowest BCUT2D eigenvalue weighted by atomic mass is 9.34. The first-order chi connectivity index (χ1) is 35.7. The van der Waals surface area contributed by atoms with E-state index in [1.807, 2.05) is 34.4 Å². The SMILES string of the molecule is c1ccc(-c2ccccc2N2c3cc(-c4ccc5sc6ccccc6c5c4)ccc3B3c4ccc(-c5ccc6sc7ccccc7c6c5)cc4Sc4cc(-n5c6ccccc6c6ccccc65)cc2c43)cc1. The summed E-state index contributed by atoms with van der Waals surface area (Å²) >= 11 is 5.67. The first-order valence-electron chi connectivity index (χ1n) is 24.6. The van der Waals surface area contributed by atoms with Crippen LogP contribution in [0.3, 0.4) is 0 Å². The predicted molar refractivity (Wildman–Crippen MR) is 313 cm³/mol. The van der Waals surface area contributed by atoms with Crippen LogP contribution in [0, 0.1) is 0 Å². The second-order valence-electron chi connectivity index (χ2n) is 19.1. The van der Waals surface area contributed by atoms with Gasteiger partial charge in [0.2, 0.25) is 6.71 Å². The number of hydrogen-bond acceptors (Lipinski definition) is 4. The molecule has 0 aliphatic carbocycles. The predicted octanol–water partition coefficient (Wildman–Crippen LogP) is 17.3. The van der Waals surface area contributed by atoms with Gasteiger partial charge in [-0.05, 0) is 118 Å². The van der Waals surface area contributed by atoms with Crippen LogP contribution in [0.5, 0.6) is 0 Å². The summed E-state index contributed by atoms with van der Waals surface area (Å²) in [5.74, 6) is 0. The Hall–Kier alpha value is -8.13. The Morgan fingerprint density at radius 1 is 0.319 bits per heavy atom. The molecule has 0 atom stereocenters. The van der Waals surface area contributed by atoms with Gasteiger partial charge < -0.3 is 9.47 Å². The number of fused-ring (bicyclic) bond motifs is 13. The Kier molecular flexibility index (Phi) is 8.84. The van der Waals surface area contributed by atoms with E-state index in [1.54, 1.807) is 0 Å². The van der Waals surface area contributed by atoms with Gasteiger partial charge in [-0.25, -0.2) is 0 Å². The maximum Gasteiger partial charge on any atom is 0.249 e. The largest absolute Gasteiger partial charge is 0.311 e. The van der Waals surface area contributed by atoms with E-state index in [0.717, 1.165) is 11.4 Å². The summed E-state index contributed by atoms with van der Waals surface area (Å²) < 4.78 is 7.79. The molecule has 6 heteroatoms. The Morgan fingerprint density at radius 2 is 0.847 bits per heavy atom. The number of benzene rings is 11. The van der Waals surface area contributed by atoms with Gasteiger partial charge in [0, 0.05) is 83.5 Å². The van der Waals surface area contributed by atoms with Crippen LogP contribution in [-0.4, -0.2) is 11.3 Å². The molecule has 3 aromatic heterocycles. The van der Waals surface area contributed by atoms with Crippen molar-refractivity contribution in [2.24, 2.45) is 0 Å². The number of thiophene rings is 2. The van der Waals surface area contributed by atoms with Crippen molar-refractivity contribution < 1.29 is 0 Å². The summed E-state index contributed by atoms with van der Waals surface area (Å²) in [4.78, 5) is 5.19. The summed E-state index contributed by atoms with van der Waals surface area (Å²) in [7, 11) is 0. The van der Waals surface area contributed by atoms with Crippen LogP contribution < -0.4 is 21.3 Å². The van der Waals surface area contributed by atoms with Gasteiger partial charge in [0.25, 0.3) is 0 Å². The molecule has 5 heterocycles. The zero-order chi connectivity index (χ0) is 47.0. The standard InChI is InChI=1S/C66H39BN2S3/c1-2-14-40(15-3-1)46-16-4-9-21-55(46)69-58-36-43(41-28-32-62-51(34-41)49-19-7-12-24-60(49)70-62)26-30-53(58)67-54-31-27-44(42-29-33-63-52(35-42)50-20-8-13-25-61(50)71-63)37-64(54)72-65-39-45(38-59(69)66(65)67)68-56-22-10-5-17-47(56)48-18-6-11-23-57(48)68/h1-39H. The van der Waals surface area contributed by atoms with E-state index >= 15 is 0 Å². The highest BCUT2D eigenvalue weighted by atomic mass is 32.2. The summed E-state index contributed by atoms with van der Waals surface area (Å²) in [6.07, 6.45) is 0. The molecule has 0 spiro atoms. The molecule has 0 unspecified atom stereocenters. The van der Waals surface area contributed by atoms with E-state index in [1.165, 1.54) is 133 Å². The molecule has 0 saturated heterocycles. The normalized spacial score (nSPS) is 12.9. The van der Waals surface area contributed by atoms with Crippen LogP contribution in [-0.2, 0) is 0 Å². The van der Waals surface area contributed by atoms with Crippen molar-refractivity contribution in [2.75, 3.05) is 4.90 Å². The van der Waals surface area contributed by atoms with Crippen molar-refractivity contribution in [1.29, 1.82) is 0 Å². The van der Waals surface area contributed by atoms with Crippen LogP contribution in [0.15, 0.2) is 246 Å². The molecule has 2 nitrogen and oxygen atoms in total. The third-order valence-electron chi connectivity index (χ3n) is 15.2. The summed E-state index contributed by atoms with van der Waals surface area (Å²) in [5, 5.41) is 7.78. The van der Waals surface area contributed by atoms with Gasteiger partial charge in [-0.1, -0.05) is 175 Å². The number of para-hydroxylation sites is 3. The molecule has 0 fully saturated rings. The number of anilines is 3. The summed E-state index contributed by atoms with van der Waals surface area (Å²) in [6, 6.07) is 89.0. The topological polar surface area (TPSA) is 8.17 Å². The second-order valence-corrected chi connectivity index (χ2v) is 22.4. The number of hydrogen-bond donors (Lipinski definition) is 0. The van der Waals surface area contributed by atoms with Gasteiger partial charge in [-0.15, -0.1) is 22.7 Å². The van der Waals surface area contributed by atoms with E-state index in [9.17, 15) is 0 Å². The third kappa shape index (κ3) is 6.04. The first kappa shape index (κ1) is 40.6. The van der Waals surface area contributed by atoms with Crippen molar-refractivity contribution in [1.82, 2.24) is 4.57 Å². The second kappa shape index (κ2) is 15.7. The van der Waals surface area contributed by atoms with Crippen LogP contribution in [0.4, 0.5) is 17.1 Å². The molecule has 0 N–H and O–H groups in total. The van der Waals surface area contributed by atoms with Crippen molar-refractivity contribution in [3.63, 3.8) is 0 Å². The van der Waals surface area contributed by atoms with E-state index in [2.05, 4.69) is 246 Å². The molecule has 334 valence electrons. The molecule has 0 bridgehead atoms. The number of nitrogens with zero attached hydrogens (tertiary/aromatic N) is 2. The van der Waals surface area contributed by atoms with Gasteiger partial charge in [0.1, 0.15) is 0 Å². The summed E-state index contributed by atoms with van der Waals surface area (Å²) in [6.45, 7) is 0.00304. The molecule has 72 heavy (non-hydrogen) atoms. The zero-order valence-corrected chi connectivity index (χ0v) is 41.2. The lowest BCUT2D eigenvalue weighted by molar-refractivity contribution is 1.15. The van der Waals surface area contributed by atoms with Crippen molar-refractivity contribution in [2.45, 2.75) is 9.79 Å². The maximum atomic E-state index is 2.60. The van der Waals surface area contributed by atoms with Gasteiger partial charge in [0.05, 0.1) is 16.7 Å². The smallest absolute Gasteiger partial charge is 0.249 e. The average molecular weight is 967 g/mol. The van der Waals surface area contributed by atoms with Crippen molar-refractivity contribution >= 4 is 137 Å². The Balaban J connectivity index is 0.970. The fourth-order valence-corrected chi connectivity index (χ4v) is 15.4. The fourth-order valence-electron chi connectivity index (χ4n) is 12.0. The lowest BCUT2D eigenvalue weighted by Crippen LogP contribution is -2.59. The van der Waals surface area contributed by atoms with Crippen LogP contribution in [0.1, 0.15) is 0 Å². The first-order valence-corrected chi connectivity index (χ1v) is 27.0. The molecule has 16 rings (SSSR count). The van der Waals surface area contributed by atoms with Crippen molar-refractivity contribution in [3.05, 3.63) is 237 Å². The minimum Gasteiger partial charge on any atom is -0.311 e.